The molecule has 0 aromatic rings. The lowest BCUT2D eigenvalue weighted by atomic mass is 9.48. The van der Waals surface area contributed by atoms with Crippen LogP contribution < -0.4 is 0 Å². The Bertz CT molecular complexity index is 721. The van der Waals surface area contributed by atoms with Crippen LogP contribution in [-0.4, -0.2) is 54.1 Å². The van der Waals surface area contributed by atoms with Crippen LogP contribution in [0.1, 0.15) is 44.9 Å². The molecule has 154 valence electrons. The van der Waals surface area contributed by atoms with Gasteiger partial charge in [-0.05, 0) is 50.4 Å². The van der Waals surface area contributed by atoms with Gasteiger partial charge < -0.3 is 14.6 Å². The molecular formula is C16H22F2O8S. The molecule has 4 aliphatic carbocycles. The molecule has 0 radical (unpaired) electrons. The van der Waals surface area contributed by atoms with E-state index in [1.165, 1.54) is 0 Å². The minimum Gasteiger partial charge on any atom is -0.465 e. The molecule has 2 unspecified atom stereocenters. The van der Waals surface area contributed by atoms with E-state index in [0.29, 0.717) is 32.1 Å². The summed E-state index contributed by atoms with van der Waals surface area (Å²) in [6, 6.07) is 0. The van der Waals surface area contributed by atoms with Crippen LogP contribution in [0, 0.1) is 17.3 Å². The van der Waals surface area contributed by atoms with Gasteiger partial charge in [0, 0.05) is 0 Å². The fourth-order valence-electron chi connectivity index (χ4n) is 5.14. The smallest absolute Gasteiger partial charge is 0.402 e. The highest BCUT2D eigenvalue weighted by Crippen LogP contribution is 2.61. The van der Waals surface area contributed by atoms with Crippen LogP contribution >= 0.6 is 0 Å². The van der Waals surface area contributed by atoms with E-state index < -0.39 is 58.0 Å². The zero-order valence-corrected chi connectivity index (χ0v) is 15.3. The van der Waals surface area contributed by atoms with Crippen molar-refractivity contribution in [2.75, 3.05) is 13.2 Å². The number of ether oxygens (including phenoxy) is 2. The van der Waals surface area contributed by atoms with Gasteiger partial charge in [0.1, 0.15) is 6.61 Å². The standard InChI is InChI=1S/C16H22F2O8S/c17-16(18,27(22,23)24)9-26-12(19)1-2-25-13(20)14-4-10-3-11(5-14)7-15(21,6-10)8-14/h10-11,21H,1-9H2,(H,22,23,24). The molecule has 4 rings (SSSR count). The lowest BCUT2D eigenvalue weighted by Crippen LogP contribution is -2.58. The quantitative estimate of drug-likeness (QED) is 0.473. The second kappa shape index (κ2) is 6.63. The lowest BCUT2D eigenvalue weighted by molar-refractivity contribution is -0.196. The first-order valence-electron chi connectivity index (χ1n) is 8.74. The Kier molecular flexibility index (Phi) is 5.01. The Morgan fingerprint density at radius 3 is 2.22 bits per heavy atom. The number of esters is 2. The Morgan fingerprint density at radius 2 is 1.70 bits per heavy atom. The zero-order chi connectivity index (χ0) is 20.1. The maximum Gasteiger partial charge on any atom is 0.402 e. The topological polar surface area (TPSA) is 127 Å². The average molecular weight is 412 g/mol. The van der Waals surface area contributed by atoms with Crippen molar-refractivity contribution in [2.24, 2.45) is 17.3 Å². The minimum absolute atomic E-state index is 0.274. The highest BCUT2D eigenvalue weighted by atomic mass is 32.2. The van der Waals surface area contributed by atoms with Gasteiger partial charge in [-0.2, -0.15) is 17.2 Å². The predicted molar refractivity (Wildman–Crippen MR) is 85.1 cm³/mol. The molecular weight excluding hydrogens is 390 g/mol. The maximum absolute atomic E-state index is 13.0. The summed E-state index contributed by atoms with van der Waals surface area (Å²) >= 11 is 0. The third kappa shape index (κ3) is 4.09. The molecule has 0 aliphatic heterocycles. The van der Waals surface area contributed by atoms with Crippen LogP contribution in [0.5, 0.6) is 0 Å². The molecule has 0 aromatic carbocycles. The van der Waals surface area contributed by atoms with Crippen LogP contribution in [0.3, 0.4) is 0 Å². The number of rotatable bonds is 7. The molecule has 0 saturated heterocycles. The highest BCUT2D eigenvalue weighted by Gasteiger charge is 2.60. The molecule has 2 atom stereocenters. The predicted octanol–water partition coefficient (Wildman–Crippen LogP) is 1.27. The summed E-state index contributed by atoms with van der Waals surface area (Å²) in [7, 11) is -5.68. The number of carbonyl (C=O) groups is 2. The number of halogens is 2. The fraction of sp³-hybridized carbons (Fsp3) is 0.875. The number of hydrogen-bond acceptors (Lipinski definition) is 7. The SMILES string of the molecule is O=C(CCOC(=O)C12CC3CC(CC(O)(C3)C1)C2)OCC(F)(F)S(=O)(=O)O. The van der Waals surface area contributed by atoms with Gasteiger partial charge in [0.15, 0.2) is 6.61 Å². The van der Waals surface area contributed by atoms with Crippen molar-refractivity contribution in [3.63, 3.8) is 0 Å². The van der Waals surface area contributed by atoms with E-state index in [4.69, 9.17) is 9.29 Å². The lowest BCUT2D eigenvalue weighted by Gasteiger charge is -2.58. The summed E-state index contributed by atoms with van der Waals surface area (Å²) in [6.07, 6.45) is 3.44. The van der Waals surface area contributed by atoms with E-state index in [2.05, 4.69) is 4.74 Å². The van der Waals surface area contributed by atoms with E-state index in [1.807, 2.05) is 0 Å². The van der Waals surface area contributed by atoms with Gasteiger partial charge in [-0.25, -0.2) is 0 Å². The van der Waals surface area contributed by atoms with Gasteiger partial charge in [-0.1, -0.05) is 0 Å². The summed E-state index contributed by atoms with van der Waals surface area (Å²) in [5.41, 5.74) is -1.61. The summed E-state index contributed by atoms with van der Waals surface area (Å²) in [5.74, 6) is -1.14. The Balaban J connectivity index is 1.47. The van der Waals surface area contributed by atoms with Gasteiger partial charge in [0.2, 0.25) is 0 Å². The van der Waals surface area contributed by atoms with E-state index in [0.717, 1.165) is 6.42 Å². The third-order valence-corrected chi connectivity index (χ3v) is 6.65. The van der Waals surface area contributed by atoms with Gasteiger partial charge in [0.05, 0.1) is 17.4 Å². The Morgan fingerprint density at radius 1 is 1.11 bits per heavy atom. The molecule has 4 bridgehead atoms. The molecule has 4 saturated carbocycles. The number of aliphatic hydroxyl groups is 1. The fourth-order valence-corrected chi connectivity index (χ4v) is 5.35. The van der Waals surface area contributed by atoms with Crippen molar-refractivity contribution < 1.29 is 45.9 Å². The van der Waals surface area contributed by atoms with Crippen molar-refractivity contribution >= 4 is 22.1 Å². The second-order valence-electron chi connectivity index (χ2n) is 8.12. The van der Waals surface area contributed by atoms with Crippen LogP contribution in [-0.2, 0) is 29.2 Å². The van der Waals surface area contributed by atoms with E-state index in [-0.39, 0.29) is 11.8 Å². The van der Waals surface area contributed by atoms with Gasteiger partial charge in [0.25, 0.3) is 0 Å². The molecule has 27 heavy (non-hydrogen) atoms. The number of alkyl halides is 2. The molecule has 4 aliphatic rings. The molecule has 0 heterocycles. The first-order valence-corrected chi connectivity index (χ1v) is 10.2. The molecule has 11 heteroatoms. The Hall–Kier alpha value is -1.33. The largest absolute Gasteiger partial charge is 0.465 e. The first kappa shape index (κ1) is 20.4. The molecule has 2 N–H and O–H groups in total. The van der Waals surface area contributed by atoms with Crippen LogP contribution in [0.4, 0.5) is 8.78 Å². The molecule has 0 spiro atoms. The zero-order valence-electron chi connectivity index (χ0n) is 14.5. The van der Waals surface area contributed by atoms with Crippen molar-refractivity contribution in [1.82, 2.24) is 0 Å². The van der Waals surface area contributed by atoms with Crippen molar-refractivity contribution in [3.8, 4) is 0 Å². The molecule has 0 aromatic heterocycles. The van der Waals surface area contributed by atoms with Gasteiger partial charge >= 0.3 is 27.3 Å². The molecule has 0 amide bonds. The monoisotopic (exact) mass is 412 g/mol. The molecule has 4 fully saturated rings. The second-order valence-corrected chi connectivity index (χ2v) is 9.67. The van der Waals surface area contributed by atoms with Crippen LogP contribution in [0.15, 0.2) is 0 Å². The molecule has 8 nitrogen and oxygen atoms in total. The van der Waals surface area contributed by atoms with Crippen molar-refractivity contribution in [1.29, 1.82) is 0 Å². The average Bonchev–Trinajstić information content (AvgIpc) is 2.49. The number of hydrogen-bond donors (Lipinski definition) is 2. The van der Waals surface area contributed by atoms with Gasteiger partial charge in [-0.15, -0.1) is 0 Å². The maximum atomic E-state index is 13.0. The first-order chi connectivity index (χ1) is 12.3. The normalized spacial score (nSPS) is 35.1. The van der Waals surface area contributed by atoms with E-state index in [1.54, 1.807) is 0 Å². The van der Waals surface area contributed by atoms with Crippen molar-refractivity contribution in [2.45, 2.75) is 55.8 Å². The van der Waals surface area contributed by atoms with Gasteiger partial charge in [-0.3, -0.25) is 14.1 Å². The minimum atomic E-state index is -5.68. The summed E-state index contributed by atoms with van der Waals surface area (Å²) in [4.78, 5) is 24.0. The highest BCUT2D eigenvalue weighted by molar-refractivity contribution is 7.86. The van der Waals surface area contributed by atoms with Crippen LogP contribution in [0.25, 0.3) is 0 Å². The summed E-state index contributed by atoms with van der Waals surface area (Å²) in [6.45, 7) is -2.22. The summed E-state index contributed by atoms with van der Waals surface area (Å²) in [5, 5.41) is 6.02. The third-order valence-electron chi connectivity index (χ3n) is 5.78. The summed E-state index contributed by atoms with van der Waals surface area (Å²) < 4.78 is 64.4. The van der Waals surface area contributed by atoms with E-state index >= 15 is 0 Å². The van der Waals surface area contributed by atoms with Crippen LogP contribution in [0.2, 0.25) is 0 Å². The van der Waals surface area contributed by atoms with E-state index in [9.17, 15) is 31.9 Å². The number of carbonyl (C=O) groups excluding carboxylic acids is 2. The Labute approximate surface area is 154 Å². The van der Waals surface area contributed by atoms with Crippen molar-refractivity contribution in [3.05, 3.63) is 0 Å².